The Morgan fingerprint density at radius 1 is 2.00 bits per heavy atom. The SMILES string of the molecule is O=C(O)C[S]. The molecule has 0 saturated heterocycles. The molecule has 0 aromatic rings. The largest absolute Gasteiger partial charge is 0.481 e. The van der Waals surface area contributed by atoms with Crippen molar-refractivity contribution in [1.82, 2.24) is 0 Å². The lowest BCUT2D eigenvalue weighted by Crippen LogP contribution is -1.92. The first-order valence-electron chi connectivity index (χ1n) is 1.07. The molecule has 0 atom stereocenters. The Balaban J connectivity index is 2.85. The van der Waals surface area contributed by atoms with Gasteiger partial charge < -0.3 is 5.11 Å². The van der Waals surface area contributed by atoms with Crippen LogP contribution < -0.4 is 0 Å². The van der Waals surface area contributed by atoms with Crippen molar-refractivity contribution in [1.29, 1.82) is 0 Å². The Kier molecular flexibility index (Phi) is 2.01. The highest BCUT2D eigenvalue weighted by atomic mass is 32.1. The van der Waals surface area contributed by atoms with Crippen LogP contribution >= 0.6 is 12.6 Å². The smallest absolute Gasteiger partial charge is 0.314 e. The minimum atomic E-state index is -0.931. The van der Waals surface area contributed by atoms with Gasteiger partial charge in [0, 0.05) is 0 Å². The number of carbonyl (C=O) groups is 1. The van der Waals surface area contributed by atoms with Crippen LogP contribution in [0.1, 0.15) is 0 Å². The van der Waals surface area contributed by atoms with E-state index in [-0.39, 0.29) is 5.75 Å². The van der Waals surface area contributed by atoms with Crippen molar-refractivity contribution in [3.63, 3.8) is 0 Å². The highest BCUT2D eigenvalue weighted by molar-refractivity contribution is 7.81. The fraction of sp³-hybridized carbons (Fsp3) is 0.500. The Bertz CT molecular complexity index is 42.9. The third-order valence-corrected chi connectivity index (χ3v) is 0.370. The molecule has 0 saturated carbocycles. The molecule has 0 amide bonds. The van der Waals surface area contributed by atoms with Crippen molar-refractivity contribution in [3.8, 4) is 0 Å². The molecule has 0 aromatic heterocycles. The molecule has 29 valence electrons. The Morgan fingerprint density at radius 2 is 2.20 bits per heavy atom. The van der Waals surface area contributed by atoms with Gasteiger partial charge in [-0.05, 0) is 0 Å². The van der Waals surface area contributed by atoms with Crippen molar-refractivity contribution in [2.24, 2.45) is 0 Å². The third kappa shape index (κ3) is 3.82. The van der Waals surface area contributed by atoms with E-state index in [1.165, 1.54) is 0 Å². The minimum absolute atomic E-state index is 0.194. The molecule has 2 nitrogen and oxygen atoms in total. The van der Waals surface area contributed by atoms with Crippen molar-refractivity contribution >= 4 is 18.6 Å². The summed E-state index contributed by atoms with van der Waals surface area (Å²) in [5.74, 6) is -1.13. The lowest BCUT2D eigenvalue weighted by atomic mass is 10.8. The van der Waals surface area contributed by atoms with Crippen molar-refractivity contribution in [2.75, 3.05) is 5.75 Å². The van der Waals surface area contributed by atoms with Gasteiger partial charge in [0.2, 0.25) is 0 Å². The van der Waals surface area contributed by atoms with Crippen LogP contribution in [0.15, 0.2) is 0 Å². The number of carboxylic acid groups (broad SMARTS) is 1. The zero-order chi connectivity index (χ0) is 4.28. The van der Waals surface area contributed by atoms with Crippen molar-refractivity contribution in [2.45, 2.75) is 0 Å². The number of carboxylic acids is 1. The zero-order valence-corrected chi connectivity index (χ0v) is 3.29. The topological polar surface area (TPSA) is 37.3 Å². The molecule has 0 aliphatic heterocycles. The van der Waals surface area contributed by atoms with E-state index >= 15 is 0 Å². The molecule has 0 aliphatic carbocycles. The first kappa shape index (κ1) is 4.82. The van der Waals surface area contributed by atoms with Crippen molar-refractivity contribution in [3.05, 3.63) is 0 Å². The Hall–Kier alpha value is -0.180. The van der Waals surface area contributed by atoms with E-state index in [0.29, 0.717) is 0 Å². The van der Waals surface area contributed by atoms with Gasteiger partial charge in [-0.2, -0.15) is 0 Å². The minimum Gasteiger partial charge on any atom is -0.481 e. The van der Waals surface area contributed by atoms with Crippen LogP contribution in [0, 0.1) is 0 Å². The fourth-order valence-electron chi connectivity index (χ4n) is 0. The molecule has 3 heteroatoms. The monoisotopic (exact) mass is 91.0 g/mol. The van der Waals surface area contributed by atoms with E-state index < -0.39 is 5.97 Å². The van der Waals surface area contributed by atoms with E-state index in [1.54, 1.807) is 0 Å². The maximum atomic E-state index is 9.26. The highest BCUT2D eigenvalue weighted by Crippen LogP contribution is 1.66. The van der Waals surface area contributed by atoms with E-state index in [9.17, 15) is 4.79 Å². The van der Waals surface area contributed by atoms with Crippen LogP contribution in [-0.4, -0.2) is 16.8 Å². The molecule has 1 radical (unpaired) electrons. The lowest BCUT2D eigenvalue weighted by molar-refractivity contribution is -0.133. The highest BCUT2D eigenvalue weighted by Gasteiger charge is 1.83. The van der Waals surface area contributed by atoms with Gasteiger partial charge in [-0.3, -0.25) is 4.79 Å². The predicted octanol–water partition coefficient (Wildman–Crippen LogP) is 0.269. The average Bonchev–Trinajstić information content (AvgIpc) is 1.38. The van der Waals surface area contributed by atoms with Gasteiger partial charge in [0.25, 0.3) is 0 Å². The second-order valence-electron chi connectivity index (χ2n) is 0.538. The summed E-state index contributed by atoms with van der Waals surface area (Å²) in [7, 11) is 0. The maximum absolute atomic E-state index is 9.26. The first-order valence-corrected chi connectivity index (χ1v) is 1.65. The Labute approximate surface area is 35.2 Å². The number of hydrogen-bond donors (Lipinski definition) is 1. The summed E-state index contributed by atoms with van der Waals surface area (Å²) in [6, 6.07) is 0. The van der Waals surface area contributed by atoms with Gasteiger partial charge in [-0.1, -0.05) is 12.6 Å². The number of hydrogen-bond acceptors (Lipinski definition) is 1. The maximum Gasteiger partial charge on any atom is 0.314 e. The first-order chi connectivity index (χ1) is 2.27. The molecule has 0 aromatic carbocycles. The third-order valence-electron chi connectivity index (χ3n) is 0.123. The van der Waals surface area contributed by atoms with Crippen LogP contribution in [0.3, 0.4) is 0 Å². The summed E-state index contributed by atoms with van der Waals surface area (Å²) in [4.78, 5) is 9.26. The van der Waals surface area contributed by atoms with Crippen LogP contribution in [0.2, 0.25) is 0 Å². The second kappa shape index (κ2) is 2.08. The molecule has 0 unspecified atom stereocenters. The van der Waals surface area contributed by atoms with Crippen LogP contribution in [0.4, 0.5) is 0 Å². The fourth-order valence-corrected chi connectivity index (χ4v) is 0. The second-order valence-corrected chi connectivity index (χ2v) is 0.827. The van der Waals surface area contributed by atoms with Crippen LogP contribution in [-0.2, 0) is 4.79 Å². The molecule has 0 rings (SSSR count). The summed E-state index contributed by atoms with van der Waals surface area (Å²) >= 11 is 4.08. The quantitative estimate of drug-likeness (QED) is 0.503. The molecule has 1 N–H and O–H groups in total. The normalized spacial score (nSPS) is 7.40. The molecule has 0 aliphatic rings. The van der Waals surface area contributed by atoms with E-state index in [4.69, 9.17) is 5.11 Å². The predicted molar refractivity (Wildman–Crippen MR) is 20.1 cm³/mol. The molecule has 5 heavy (non-hydrogen) atoms. The van der Waals surface area contributed by atoms with Gasteiger partial charge in [0.15, 0.2) is 0 Å². The molecular formula is C2H3O2S. The summed E-state index contributed by atoms with van der Waals surface area (Å²) < 4.78 is 0. The van der Waals surface area contributed by atoms with Gasteiger partial charge in [0.05, 0.1) is 0 Å². The zero-order valence-electron chi connectivity index (χ0n) is 2.47. The molecular weight excluding hydrogens is 88.1 g/mol. The molecule has 0 heterocycles. The molecule has 0 bridgehead atoms. The summed E-state index contributed by atoms with van der Waals surface area (Å²) in [5.41, 5.74) is 0. The van der Waals surface area contributed by atoms with Crippen LogP contribution in [0.25, 0.3) is 0 Å². The summed E-state index contributed by atoms with van der Waals surface area (Å²) in [5, 5.41) is 7.62. The van der Waals surface area contributed by atoms with Gasteiger partial charge in [0.1, 0.15) is 5.75 Å². The van der Waals surface area contributed by atoms with Gasteiger partial charge in [-0.25, -0.2) is 0 Å². The van der Waals surface area contributed by atoms with Crippen molar-refractivity contribution < 1.29 is 9.90 Å². The van der Waals surface area contributed by atoms with E-state index in [2.05, 4.69) is 12.6 Å². The lowest BCUT2D eigenvalue weighted by Gasteiger charge is -1.70. The molecule has 0 spiro atoms. The standard InChI is InChI=1S/C2H3O2S/c3-2(4)1-5/h1H2,(H,3,4). The Morgan fingerprint density at radius 3 is 2.20 bits per heavy atom. The van der Waals surface area contributed by atoms with E-state index in [1.807, 2.05) is 0 Å². The van der Waals surface area contributed by atoms with Crippen LogP contribution in [0.5, 0.6) is 0 Å². The number of aliphatic carboxylic acids is 1. The van der Waals surface area contributed by atoms with E-state index in [0.717, 1.165) is 0 Å². The average molecular weight is 91.1 g/mol. The van der Waals surface area contributed by atoms with Gasteiger partial charge in [-0.15, -0.1) is 0 Å². The summed E-state index contributed by atoms with van der Waals surface area (Å²) in [6.07, 6.45) is 0. The van der Waals surface area contributed by atoms with Gasteiger partial charge >= 0.3 is 5.97 Å². The summed E-state index contributed by atoms with van der Waals surface area (Å²) in [6.45, 7) is 0. The molecule has 0 fully saturated rings. The number of rotatable bonds is 1.